The number of aryl methyl sites for hydroxylation is 2. The van der Waals surface area contributed by atoms with Crippen molar-refractivity contribution in [1.29, 1.82) is 0 Å². The molecule has 0 atom stereocenters. The molecule has 3 aromatic heterocycles. The summed E-state index contributed by atoms with van der Waals surface area (Å²) in [5.41, 5.74) is 2.53. The Hall–Kier alpha value is -3.10. The molecule has 0 unspecified atom stereocenters. The Morgan fingerprint density at radius 3 is 2.85 bits per heavy atom. The molecule has 0 amide bonds. The van der Waals surface area contributed by atoms with Crippen LogP contribution in [0.4, 0.5) is 11.6 Å². The van der Waals surface area contributed by atoms with Crippen molar-refractivity contribution >= 4 is 11.6 Å². The minimum Gasteiger partial charge on any atom is -0.352 e. The first-order valence-electron chi connectivity index (χ1n) is 8.78. The van der Waals surface area contributed by atoms with E-state index in [1.807, 2.05) is 7.05 Å². The highest BCUT2D eigenvalue weighted by Gasteiger charge is 2.32. The van der Waals surface area contributed by atoms with Crippen molar-refractivity contribution in [3.05, 3.63) is 42.4 Å². The van der Waals surface area contributed by atoms with Crippen molar-refractivity contribution in [2.45, 2.75) is 25.3 Å². The van der Waals surface area contributed by atoms with Gasteiger partial charge in [0.25, 0.3) is 0 Å². The predicted octanol–water partition coefficient (Wildman–Crippen LogP) is 0.661. The van der Waals surface area contributed by atoms with Crippen molar-refractivity contribution in [2.24, 2.45) is 0 Å². The largest absolute Gasteiger partial charge is 0.352 e. The van der Waals surface area contributed by atoms with Gasteiger partial charge >= 0.3 is 0 Å². The van der Waals surface area contributed by atoms with Gasteiger partial charge in [-0.1, -0.05) is 0 Å². The van der Waals surface area contributed by atoms with E-state index < -0.39 is 0 Å². The highest BCUT2D eigenvalue weighted by atomic mass is 15.4. The second-order valence-corrected chi connectivity index (χ2v) is 6.77. The number of likely N-dealkylation sites (N-methyl/N-ethyl adjacent to an activating group) is 1. The fraction of sp³-hybridized carbons (Fsp3) is 0.412. The van der Waals surface area contributed by atoms with E-state index in [9.17, 15) is 0 Å². The minimum absolute atomic E-state index is 0.366. The smallest absolute Gasteiger partial charge is 0.175 e. The van der Waals surface area contributed by atoms with Crippen LogP contribution in [0.1, 0.15) is 17.7 Å². The van der Waals surface area contributed by atoms with Crippen molar-refractivity contribution in [3.8, 4) is 5.82 Å². The quantitative estimate of drug-likeness (QED) is 0.679. The van der Waals surface area contributed by atoms with E-state index in [0.717, 1.165) is 37.6 Å². The highest BCUT2D eigenvalue weighted by Crippen LogP contribution is 2.27. The van der Waals surface area contributed by atoms with Crippen LogP contribution in [0, 0.1) is 0 Å². The van der Waals surface area contributed by atoms with Crippen LogP contribution < -0.4 is 9.80 Å². The summed E-state index contributed by atoms with van der Waals surface area (Å²) >= 11 is 0. The Bertz CT molecular complexity index is 918. The maximum Gasteiger partial charge on any atom is 0.175 e. The molecule has 0 bridgehead atoms. The number of aromatic nitrogens is 7. The molecule has 9 heteroatoms. The summed E-state index contributed by atoms with van der Waals surface area (Å²) in [5.74, 6) is 2.47. The highest BCUT2D eigenvalue weighted by molar-refractivity contribution is 5.49. The van der Waals surface area contributed by atoms with Crippen molar-refractivity contribution in [1.82, 2.24) is 34.9 Å². The molecule has 0 radical (unpaired) electrons. The van der Waals surface area contributed by atoms with Crippen LogP contribution in [-0.2, 0) is 12.8 Å². The van der Waals surface area contributed by atoms with E-state index in [4.69, 9.17) is 0 Å². The van der Waals surface area contributed by atoms with Gasteiger partial charge in [-0.15, -0.1) is 5.10 Å². The fourth-order valence-corrected chi connectivity index (χ4v) is 3.50. The van der Waals surface area contributed by atoms with Gasteiger partial charge < -0.3 is 9.80 Å². The average molecular weight is 349 g/mol. The summed E-state index contributed by atoms with van der Waals surface area (Å²) in [6.07, 6.45) is 9.94. The molecule has 1 fully saturated rings. The maximum atomic E-state index is 4.64. The standard InChI is InChI=1S/C17H19N9/c1-24(16-6-18-7-17(21-16)26-11-19-10-20-26)13-8-25(9-13)15-5-12-3-2-4-14(12)22-23-15/h5-7,10-11,13H,2-4,8-9H2,1H3. The summed E-state index contributed by atoms with van der Waals surface area (Å²) in [4.78, 5) is 17.3. The van der Waals surface area contributed by atoms with E-state index in [0.29, 0.717) is 11.9 Å². The van der Waals surface area contributed by atoms with Gasteiger partial charge in [-0.25, -0.2) is 14.6 Å². The third kappa shape index (κ3) is 2.56. The molecule has 26 heavy (non-hydrogen) atoms. The SMILES string of the molecule is CN(c1cncc(-n2cncn2)n1)C1CN(c2cc3c(nn2)CCC3)C1. The van der Waals surface area contributed by atoms with Crippen LogP contribution in [0.15, 0.2) is 31.1 Å². The van der Waals surface area contributed by atoms with Crippen LogP contribution in [0.25, 0.3) is 5.82 Å². The van der Waals surface area contributed by atoms with Crippen LogP contribution in [0.2, 0.25) is 0 Å². The summed E-state index contributed by atoms with van der Waals surface area (Å²) in [7, 11) is 2.05. The van der Waals surface area contributed by atoms with Gasteiger partial charge in [-0.3, -0.25) is 4.98 Å². The Kier molecular flexibility index (Phi) is 3.51. The molecule has 3 aromatic rings. The molecule has 5 rings (SSSR count). The Labute approximate surface area is 150 Å². The molecule has 0 saturated carbocycles. The van der Waals surface area contributed by atoms with Gasteiger partial charge in [0.2, 0.25) is 0 Å². The second-order valence-electron chi connectivity index (χ2n) is 6.77. The lowest BCUT2D eigenvalue weighted by Crippen LogP contribution is -2.59. The maximum absolute atomic E-state index is 4.64. The van der Waals surface area contributed by atoms with Gasteiger partial charge in [0.15, 0.2) is 11.6 Å². The zero-order valence-electron chi connectivity index (χ0n) is 14.5. The number of hydrogen-bond donors (Lipinski definition) is 0. The Balaban J connectivity index is 1.28. The van der Waals surface area contributed by atoms with Gasteiger partial charge in [0.1, 0.15) is 18.5 Å². The van der Waals surface area contributed by atoms with E-state index >= 15 is 0 Å². The van der Waals surface area contributed by atoms with Crippen molar-refractivity contribution < 1.29 is 0 Å². The average Bonchev–Trinajstić information content (AvgIpc) is 3.32. The first kappa shape index (κ1) is 15.2. The lowest BCUT2D eigenvalue weighted by atomic mass is 10.1. The molecule has 2 aliphatic rings. The summed E-state index contributed by atoms with van der Waals surface area (Å²) < 4.78 is 1.61. The zero-order valence-corrected chi connectivity index (χ0v) is 14.5. The topological polar surface area (TPSA) is 88.8 Å². The van der Waals surface area contributed by atoms with Crippen molar-refractivity contribution in [3.63, 3.8) is 0 Å². The molecule has 4 heterocycles. The van der Waals surface area contributed by atoms with E-state index in [-0.39, 0.29) is 0 Å². The molecule has 0 N–H and O–H groups in total. The zero-order chi connectivity index (χ0) is 17.5. The molecular weight excluding hydrogens is 330 g/mol. The number of fused-ring (bicyclic) bond motifs is 1. The number of nitrogens with zero attached hydrogens (tertiary/aromatic N) is 9. The molecule has 1 aliphatic carbocycles. The molecule has 1 saturated heterocycles. The summed E-state index contributed by atoms with van der Waals surface area (Å²) in [5, 5.41) is 12.9. The Morgan fingerprint density at radius 1 is 1.08 bits per heavy atom. The summed E-state index contributed by atoms with van der Waals surface area (Å²) in [6, 6.07) is 2.57. The first-order valence-corrected chi connectivity index (χ1v) is 8.78. The van der Waals surface area contributed by atoms with Crippen LogP contribution >= 0.6 is 0 Å². The first-order chi connectivity index (χ1) is 12.8. The molecule has 9 nitrogen and oxygen atoms in total. The second kappa shape index (κ2) is 6.01. The number of anilines is 2. The lowest BCUT2D eigenvalue weighted by Gasteiger charge is -2.44. The molecule has 1 aliphatic heterocycles. The summed E-state index contributed by atoms with van der Waals surface area (Å²) in [6.45, 7) is 1.80. The molecular formula is C17H19N9. The van der Waals surface area contributed by atoms with E-state index in [2.05, 4.69) is 46.1 Å². The van der Waals surface area contributed by atoms with Crippen LogP contribution in [-0.4, -0.2) is 61.1 Å². The van der Waals surface area contributed by atoms with Gasteiger partial charge in [-0.2, -0.15) is 10.2 Å². The van der Waals surface area contributed by atoms with Gasteiger partial charge in [0.05, 0.1) is 24.1 Å². The van der Waals surface area contributed by atoms with Crippen LogP contribution in [0.3, 0.4) is 0 Å². The molecule has 0 spiro atoms. The van der Waals surface area contributed by atoms with Crippen molar-refractivity contribution in [2.75, 3.05) is 29.9 Å². The van der Waals surface area contributed by atoms with E-state index in [1.165, 1.54) is 24.0 Å². The van der Waals surface area contributed by atoms with Crippen LogP contribution in [0.5, 0.6) is 0 Å². The van der Waals surface area contributed by atoms with Gasteiger partial charge in [-0.05, 0) is 30.9 Å². The number of rotatable bonds is 4. The third-order valence-corrected chi connectivity index (χ3v) is 5.16. The third-order valence-electron chi connectivity index (χ3n) is 5.16. The van der Waals surface area contributed by atoms with Gasteiger partial charge in [0, 0.05) is 20.1 Å². The minimum atomic E-state index is 0.366. The molecule has 0 aromatic carbocycles. The monoisotopic (exact) mass is 349 g/mol. The molecule has 132 valence electrons. The normalized spacial score (nSPS) is 16.4. The lowest BCUT2D eigenvalue weighted by molar-refractivity contribution is 0.487. The predicted molar refractivity (Wildman–Crippen MR) is 95.4 cm³/mol. The fourth-order valence-electron chi connectivity index (χ4n) is 3.50. The number of hydrogen-bond acceptors (Lipinski definition) is 8. The van der Waals surface area contributed by atoms with E-state index in [1.54, 1.807) is 23.4 Å². The Morgan fingerprint density at radius 2 is 2.00 bits per heavy atom.